The Kier molecular flexibility index (Phi) is 6.61. The molecular formula is C9H15F3O5S. The first-order chi connectivity index (χ1) is 8.04. The van der Waals surface area contributed by atoms with Crippen molar-refractivity contribution in [1.29, 1.82) is 0 Å². The lowest BCUT2D eigenvalue weighted by atomic mass is 10.3. The lowest BCUT2D eigenvalue weighted by Gasteiger charge is -2.11. The van der Waals surface area contributed by atoms with Gasteiger partial charge < -0.3 is 9.84 Å². The van der Waals surface area contributed by atoms with E-state index in [0.29, 0.717) is 0 Å². The second kappa shape index (κ2) is 6.93. The summed E-state index contributed by atoms with van der Waals surface area (Å²) >= 11 is 0. The van der Waals surface area contributed by atoms with Crippen LogP contribution in [0.4, 0.5) is 13.2 Å². The number of hydrogen-bond donors (Lipinski definition) is 1. The number of aliphatic carboxylic acids is 1. The van der Waals surface area contributed by atoms with Gasteiger partial charge in [-0.05, 0) is 13.3 Å². The maximum atomic E-state index is 11.7. The third kappa shape index (κ3) is 8.29. The van der Waals surface area contributed by atoms with Gasteiger partial charge in [-0.25, -0.2) is 8.42 Å². The van der Waals surface area contributed by atoms with Gasteiger partial charge in [-0.3, -0.25) is 4.79 Å². The van der Waals surface area contributed by atoms with Crippen LogP contribution < -0.4 is 0 Å². The molecule has 5 nitrogen and oxygen atoms in total. The Morgan fingerprint density at radius 1 is 1.39 bits per heavy atom. The number of halogens is 3. The average molecular weight is 292 g/mol. The van der Waals surface area contributed by atoms with Crippen LogP contribution in [0.25, 0.3) is 0 Å². The molecular weight excluding hydrogens is 277 g/mol. The molecule has 0 aliphatic rings. The fourth-order valence-electron chi connectivity index (χ4n) is 1.12. The highest BCUT2D eigenvalue weighted by molar-refractivity contribution is 7.92. The van der Waals surface area contributed by atoms with Gasteiger partial charge in [0.15, 0.2) is 9.84 Å². The van der Waals surface area contributed by atoms with Crippen LogP contribution in [0.15, 0.2) is 0 Å². The molecule has 0 aromatic carbocycles. The van der Waals surface area contributed by atoms with Crippen LogP contribution in [0.2, 0.25) is 0 Å². The number of alkyl halides is 3. The molecule has 0 fully saturated rings. The Labute approximate surface area is 103 Å². The van der Waals surface area contributed by atoms with Gasteiger partial charge in [0, 0.05) is 6.61 Å². The second-order valence-electron chi connectivity index (χ2n) is 3.80. The minimum Gasteiger partial charge on any atom is -0.481 e. The zero-order valence-corrected chi connectivity index (χ0v) is 10.6. The van der Waals surface area contributed by atoms with Gasteiger partial charge in [0.25, 0.3) is 0 Å². The lowest BCUT2D eigenvalue weighted by Crippen LogP contribution is -2.25. The minimum absolute atomic E-state index is 0.0949. The van der Waals surface area contributed by atoms with E-state index in [-0.39, 0.29) is 18.8 Å². The molecule has 0 bridgehead atoms. The van der Waals surface area contributed by atoms with Crippen molar-refractivity contribution in [2.24, 2.45) is 0 Å². The van der Waals surface area contributed by atoms with Gasteiger partial charge in [0.2, 0.25) is 0 Å². The fraction of sp³-hybridized carbons (Fsp3) is 0.889. The lowest BCUT2D eigenvalue weighted by molar-refractivity contribution is -0.173. The van der Waals surface area contributed by atoms with Gasteiger partial charge in [0.1, 0.15) is 6.61 Å². The summed E-state index contributed by atoms with van der Waals surface area (Å²) in [6.45, 7) is -0.504. The number of ether oxygens (including phenoxy) is 1. The van der Waals surface area contributed by atoms with Crippen LogP contribution in [-0.2, 0) is 19.4 Å². The van der Waals surface area contributed by atoms with Crippen LogP contribution in [0.1, 0.15) is 19.8 Å². The molecule has 18 heavy (non-hydrogen) atoms. The molecule has 0 aliphatic heterocycles. The smallest absolute Gasteiger partial charge is 0.411 e. The van der Waals surface area contributed by atoms with E-state index in [9.17, 15) is 26.4 Å². The Morgan fingerprint density at radius 3 is 2.39 bits per heavy atom. The van der Waals surface area contributed by atoms with Crippen molar-refractivity contribution < 1.29 is 36.2 Å². The Balaban J connectivity index is 3.95. The molecule has 0 aliphatic carbocycles. The van der Waals surface area contributed by atoms with E-state index >= 15 is 0 Å². The number of sulfone groups is 1. The van der Waals surface area contributed by atoms with Crippen molar-refractivity contribution in [1.82, 2.24) is 0 Å². The van der Waals surface area contributed by atoms with Crippen LogP contribution in [0, 0.1) is 0 Å². The molecule has 1 atom stereocenters. The van der Waals surface area contributed by atoms with Crippen LogP contribution in [0.3, 0.4) is 0 Å². The first-order valence-corrected chi connectivity index (χ1v) is 6.84. The van der Waals surface area contributed by atoms with Gasteiger partial charge in [0.05, 0.1) is 17.4 Å². The highest BCUT2D eigenvalue weighted by Gasteiger charge is 2.27. The molecule has 0 rings (SSSR count). The third-order valence-electron chi connectivity index (χ3n) is 2.06. The summed E-state index contributed by atoms with van der Waals surface area (Å²) in [5.74, 6) is -1.63. The molecule has 0 saturated carbocycles. The van der Waals surface area contributed by atoms with Crippen molar-refractivity contribution in [2.45, 2.75) is 31.2 Å². The number of carbonyl (C=O) groups is 1. The summed E-state index contributed by atoms with van der Waals surface area (Å²) in [6.07, 6.45) is -5.05. The molecule has 0 heterocycles. The Hall–Kier alpha value is -0.830. The van der Waals surface area contributed by atoms with Crippen LogP contribution in [0.5, 0.6) is 0 Å². The second-order valence-corrected chi connectivity index (χ2v) is 6.34. The zero-order chi connectivity index (χ0) is 14.4. The van der Waals surface area contributed by atoms with E-state index in [4.69, 9.17) is 5.11 Å². The van der Waals surface area contributed by atoms with Crippen molar-refractivity contribution >= 4 is 15.8 Å². The Bertz CT molecular complexity index is 363. The standard InChI is InChI=1S/C9H15F3O5S/c1-7(5-8(13)14)18(15,16)4-2-3-17-6-9(10,11)12/h7H,2-6H2,1H3,(H,13,14). The average Bonchev–Trinajstić information content (AvgIpc) is 2.13. The number of hydrogen-bond acceptors (Lipinski definition) is 4. The first kappa shape index (κ1) is 17.2. The van der Waals surface area contributed by atoms with Gasteiger partial charge in [-0.15, -0.1) is 0 Å². The normalized spacial score (nSPS) is 14.4. The fourth-order valence-corrected chi connectivity index (χ4v) is 2.44. The third-order valence-corrected chi connectivity index (χ3v) is 4.31. The topological polar surface area (TPSA) is 80.7 Å². The van der Waals surface area contributed by atoms with Crippen LogP contribution >= 0.6 is 0 Å². The molecule has 1 unspecified atom stereocenters. The summed E-state index contributed by atoms with van der Waals surface area (Å²) in [5, 5.41) is 7.37. The van der Waals surface area contributed by atoms with Crippen molar-refractivity contribution in [2.75, 3.05) is 19.0 Å². The maximum Gasteiger partial charge on any atom is 0.411 e. The minimum atomic E-state index is -4.44. The SMILES string of the molecule is CC(CC(=O)O)S(=O)(=O)CCCOCC(F)(F)F. The molecule has 0 radical (unpaired) electrons. The molecule has 108 valence electrons. The predicted octanol–water partition coefficient (Wildman–Crippen LogP) is 1.23. The number of carboxylic acid groups (broad SMARTS) is 1. The summed E-state index contributed by atoms with van der Waals surface area (Å²) in [4.78, 5) is 10.3. The monoisotopic (exact) mass is 292 g/mol. The van der Waals surface area contributed by atoms with Crippen molar-refractivity contribution in [3.8, 4) is 0 Å². The van der Waals surface area contributed by atoms with Gasteiger partial charge in [-0.2, -0.15) is 13.2 Å². The van der Waals surface area contributed by atoms with E-state index in [1.54, 1.807) is 0 Å². The van der Waals surface area contributed by atoms with E-state index in [0.717, 1.165) is 0 Å². The van der Waals surface area contributed by atoms with Crippen molar-refractivity contribution in [3.63, 3.8) is 0 Å². The highest BCUT2D eigenvalue weighted by Crippen LogP contribution is 2.14. The summed E-state index contributed by atoms with van der Waals surface area (Å²) in [5.41, 5.74) is 0. The van der Waals surface area contributed by atoms with E-state index < -0.39 is 40.3 Å². The van der Waals surface area contributed by atoms with Crippen LogP contribution in [-0.4, -0.2) is 49.9 Å². The molecule has 0 aromatic heterocycles. The first-order valence-electron chi connectivity index (χ1n) is 5.12. The molecule has 0 saturated heterocycles. The number of rotatable bonds is 8. The molecule has 9 heteroatoms. The molecule has 0 spiro atoms. The maximum absolute atomic E-state index is 11.7. The van der Waals surface area contributed by atoms with E-state index in [1.807, 2.05) is 0 Å². The summed E-state index contributed by atoms with van der Waals surface area (Å²) in [6, 6.07) is 0. The zero-order valence-electron chi connectivity index (χ0n) is 9.74. The van der Waals surface area contributed by atoms with Crippen molar-refractivity contribution in [3.05, 3.63) is 0 Å². The van der Waals surface area contributed by atoms with Gasteiger partial charge in [-0.1, -0.05) is 0 Å². The van der Waals surface area contributed by atoms with E-state index in [1.165, 1.54) is 6.92 Å². The Morgan fingerprint density at radius 2 is 1.94 bits per heavy atom. The predicted molar refractivity (Wildman–Crippen MR) is 57.0 cm³/mol. The largest absolute Gasteiger partial charge is 0.481 e. The molecule has 1 N–H and O–H groups in total. The molecule has 0 amide bonds. The summed E-state index contributed by atoms with van der Waals surface area (Å²) < 4.78 is 62.3. The highest BCUT2D eigenvalue weighted by atomic mass is 32.2. The molecule has 0 aromatic rings. The summed E-state index contributed by atoms with van der Waals surface area (Å²) in [7, 11) is -3.61. The quantitative estimate of drug-likeness (QED) is 0.681. The van der Waals surface area contributed by atoms with Gasteiger partial charge >= 0.3 is 12.1 Å². The van der Waals surface area contributed by atoms with E-state index in [2.05, 4.69) is 4.74 Å². The number of carboxylic acids is 1.